The van der Waals surface area contributed by atoms with Gasteiger partial charge in [0.1, 0.15) is 4.21 Å². The van der Waals surface area contributed by atoms with E-state index in [-0.39, 0.29) is 0 Å². The molecule has 28 heavy (non-hydrogen) atoms. The molecule has 9 heteroatoms. The molecule has 1 aromatic heterocycles. The molecule has 2 aromatic rings. The first-order valence-corrected chi connectivity index (χ1v) is 11.4. The topological polar surface area (TPSA) is 97.0 Å². The van der Waals surface area contributed by atoms with Gasteiger partial charge in [-0.1, -0.05) is 32.0 Å². The van der Waals surface area contributed by atoms with Crippen LogP contribution in [0.1, 0.15) is 24.3 Å². The summed E-state index contributed by atoms with van der Waals surface area (Å²) in [6.07, 6.45) is 0.626. The van der Waals surface area contributed by atoms with Crippen molar-refractivity contribution in [2.75, 3.05) is 32.1 Å². The van der Waals surface area contributed by atoms with Crippen molar-refractivity contribution in [1.29, 1.82) is 0 Å². The normalized spacial score (nSPS) is 12.5. The van der Waals surface area contributed by atoms with Crippen LogP contribution < -0.4 is 11.1 Å². The van der Waals surface area contributed by atoms with Crippen molar-refractivity contribution < 1.29 is 13.2 Å². The largest absolute Gasteiger partial charge is 0.380 e. The molecule has 0 unspecified atom stereocenters. The van der Waals surface area contributed by atoms with Gasteiger partial charge in [0, 0.05) is 49.3 Å². The minimum Gasteiger partial charge on any atom is -0.380 e. The Morgan fingerprint density at radius 3 is 2.61 bits per heavy atom. The summed E-state index contributed by atoms with van der Waals surface area (Å²) in [5, 5.41) is 3.09. The fourth-order valence-corrected chi connectivity index (χ4v) is 5.67. The lowest BCUT2D eigenvalue weighted by Crippen LogP contribution is -2.29. The molecule has 0 radical (unpaired) electrons. The number of para-hydroxylation sites is 1. The SMILES string of the molecule is CCN(CC)S(=O)(=O)c1ccc(CCN=C(N)Nc2ccccc2COC)s1. The van der Waals surface area contributed by atoms with E-state index in [1.807, 2.05) is 44.2 Å². The monoisotopic (exact) mass is 424 g/mol. The molecule has 0 bridgehead atoms. The highest BCUT2D eigenvalue weighted by molar-refractivity contribution is 7.91. The molecule has 0 amide bonds. The van der Waals surface area contributed by atoms with Crippen LogP contribution in [-0.2, 0) is 27.8 Å². The molecule has 0 spiro atoms. The first kappa shape index (κ1) is 22.4. The number of thiophene rings is 1. The van der Waals surface area contributed by atoms with Gasteiger partial charge in [0.05, 0.1) is 6.61 Å². The molecule has 0 saturated carbocycles. The van der Waals surface area contributed by atoms with Crippen LogP contribution in [-0.4, -0.2) is 45.4 Å². The van der Waals surface area contributed by atoms with Gasteiger partial charge < -0.3 is 15.8 Å². The highest BCUT2D eigenvalue weighted by Gasteiger charge is 2.23. The minimum atomic E-state index is -3.41. The smallest absolute Gasteiger partial charge is 0.252 e. The van der Waals surface area contributed by atoms with Crippen LogP contribution in [0.5, 0.6) is 0 Å². The van der Waals surface area contributed by atoms with Crippen molar-refractivity contribution in [1.82, 2.24) is 4.31 Å². The van der Waals surface area contributed by atoms with Gasteiger partial charge in [-0.3, -0.25) is 4.99 Å². The molecule has 0 aliphatic carbocycles. The summed E-state index contributed by atoms with van der Waals surface area (Å²) < 4.78 is 32.1. The maximum atomic E-state index is 12.5. The lowest BCUT2D eigenvalue weighted by atomic mass is 10.2. The summed E-state index contributed by atoms with van der Waals surface area (Å²) in [4.78, 5) is 5.30. The average Bonchev–Trinajstić information content (AvgIpc) is 3.14. The van der Waals surface area contributed by atoms with Gasteiger partial charge in [0.15, 0.2) is 5.96 Å². The van der Waals surface area contributed by atoms with Gasteiger partial charge in [0.2, 0.25) is 0 Å². The van der Waals surface area contributed by atoms with E-state index in [0.29, 0.717) is 42.8 Å². The van der Waals surface area contributed by atoms with Crippen LogP contribution in [0.25, 0.3) is 0 Å². The zero-order valence-corrected chi connectivity index (χ0v) is 18.1. The van der Waals surface area contributed by atoms with E-state index in [4.69, 9.17) is 10.5 Å². The van der Waals surface area contributed by atoms with Crippen molar-refractivity contribution >= 4 is 33.0 Å². The number of rotatable bonds is 10. The van der Waals surface area contributed by atoms with E-state index in [1.165, 1.54) is 15.6 Å². The maximum Gasteiger partial charge on any atom is 0.252 e. The number of ether oxygens (including phenoxy) is 1. The summed E-state index contributed by atoms with van der Waals surface area (Å²) in [7, 11) is -1.76. The van der Waals surface area contributed by atoms with Gasteiger partial charge in [-0.2, -0.15) is 4.31 Å². The number of methoxy groups -OCH3 is 1. The lowest BCUT2D eigenvalue weighted by molar-refractivity contribution is 0.185. The van der Waals surface area contributed by atoms with Gasteiger partial charge in [0.25, 0.3) is 10.0 Å². The second-order valence-corrected chi connectivity index (χ2v) is 9.38. The van der Waals surface area contributed by atoms with Crippen molar-refractivity contribution in [3.8, 4) is 0 Å². The molecule has 3 N–H and O–H groups in total. The van der Waals surface area contributed by atoms with Crippen molar-refractivity contribution in [2.45, 2.75) is 31.1 Å². The zero-order chi connectivity index (χ0) is 20.6. The Bertz CT molecular complexity index is 890. The van der Waals surface area contributed by atoms with E-state index in [9.17, 15) is 8.42 Å². The predicted molar refractivity (Wildman–Crippen MR) is 115 cm³/mol. The molecule has 7 nitrogen and oxygen atoms in total. The Hall–Kier alpha value is -1.94. The van der Waals surface area contributed by atoms with Crippen molar-refractivity contribution in [3.05, 3.63) is 46.8 Å². The molecular formula is C19H28N4O3S2. The molecule has 0 atom stereocenters. The second kappa shape index (κ2) is 10.6. The third-order valence-electron chi connectivity index (χ3n) is 4.16. The lowest BCUT2D eigenvalue weighted by Gasteiger charge is -2.16. The summed E-state index contributed by atoms with van der Waals surface area (Å²) in [5.74, 6) is 0.316. The Morgan fingerprint density at radius 1 is 1.21 bits per heavy atom. The number of anilines is 1. The Labute approximate surface area is 171 Å². The molecule has 1 aromatic carbocycles. The van der Waals surface area contributed by atoms with Crippen LogP contribution in [0.4, 0.5) is 5.69 Å². The van der Waals surface area contributed by atoms with Gasteiger partial charge in [-0.15, -0.1) is 11.3 Å². The molecule has 1 heterocycles. The number of aliphatic imine (C=N–C) groups is 1. The average molecular weight is 425 g/mol. The van der Waals surface area contributed by atoms with E-state index in [0.717, 1.165) is 16.1 Å². The highest BCUT2D eigenvalue weighted by atomic mass is 32.2. The highest BCUT2D eigenvalue weighted by Crippen LogP contribution is 2.25. The number of nitrogens with two attached hydrogens (primary N) is 1. The first-order valence-electron chi connectivity index (χ1n) is 9.15. The van der Waals surface area contributed by atoms with Crippen molar-refractivity contribution in [2.24, 2.45) is 10.7 Å². The number of sulfonamides is 1. The van der Waals surface area contributed by atoms with Gasteiger partial charge >= 0.3 is 0 Å². The summed E-state index contributed by atoms with van der Waals surface area (Å²) in [6.45, 7) is 5.55. The van der Waals surface area contributed by atoms with Gasteiger partial charge in [-0.05, 0) is 18.2 Å². The second-order valence-electron chi connectivity index (χ2n) is 6.04. The fourth-order valence-electron chi connectivity index (χ4n) is 2.71. The van der Waals surface area contributed by atoms with Gasteiger partial charge in [-0.25, -0.2) is 8.42 Å². The quantitative estimate of drug-likeness (QED) is 0.451. The summed E-state index contributed by atoms with van der Waals surface area (Å²) in [5.41, 5.74) is 7.83. The van der Waals surface area contributed by atoms with Crippen LogP contribution in [0.3, 0.4) is 0 Å². The number of hydrogen-bond donors (Lipinski definition) is 2. The summed E-state index contributed by atoms with van der Waals surface area (Å²) >= 11 is 1.29. The number of nitrogens with zero attached hydrogens (tertiary/aromatic N) is 2. The number of nitrogens with one attached hydrogen (secondary N) is 1. The molecule has 0 fully saturated rings. The third-order valence-corrected chi connectivity index (χ3v) is 7.82. The Morgan fingerprint density at radius 2 is 1.93 bits per heavy atom. The molecule has 0 aliphatic rings. The number of guanidine groups is 1. The molecule has 0 aliphatic heterocycles. The summed E-state index contributed by atoms with van der Waals surface area (Å²) in [6, 6.07) is 11.2. The Kier molecular flexibility index (Phi) is 8.43. The van der Waals surface area contributed by atoms with E-state index < -0.39 is 10.0 Å². The fraction of sp³-hybridized carbons (Fsp3) is 0.421. The van der Waals surface area contributed by atoms with E-state index in [2.05, 4.69) is 10.3 Å². The van der Waals surface area contributed by atoms with Crippen LogP contribution in [0.15, 0.2) is 45.6 Å². The van der Waals surface area contributed by atoms with Crippen LogP contribution in [0, 0.1) is 0 Å². The van der Waals surface area contributed by atoms with Crippen molar-refractivity contribution in [3.63, 3.8) is 0 Å². The maximum absolute atomic E-state index is 12.5. The number of benzene rings is 1. The number of hydrogen-bond acceptors (Lipinski definition) is 5. The molecular weight excluding hydrogens is 396 g/mol. The molecule has 154 valence electrons. The minimum absolute atomic E-state index is 0.316. The van der Waals surface area contributed by atoms with Crippen LogP contribution >= 0.6 is 11.3 Å². The molecule has 0 saturated heterocycles. The van der Waals surface area contributed by atoms with E-state index in [1.54, 1.807) is 13.2 Å². The predicted octanol–water partition coefficient (Wildman–Crippen LogP) is 2.89. The zero-order valence-electron chi connectivity index (χ0n) is 16.5. The first-order chi connectivity index (χ1) is 13.4. The Balaban J connectivity index is 1.97. The van der Waals surface area contributed by atoms with Crippen LogP contribution in [0.2, 0.25) is 0 Å². The molecule has 2 rings (SSSR count). The van der Waals surface area contributed by atoms with E-state index >= 15 is 0 Å². The third kappa shape index (κ3) is 5.78. The standard InChI is InChI=1S/C19H28N4O3S2/c1-4-23(5-2)28(24,25)18-11-10-16(27-18)12-13-21-19(20)22-17-9-7-6-8-15(17)14-26-3/h6-11H,4-5,12-14H2,1-3H3,(H3,20,21,22).